The Kier molecular flexibility index (Phi) is 6.04. The van der Waals surface area contributed by atoms with Gasteiger partial charge in [-0.05, 0) is 30.3 Å². The van der Waals surface area contributed by atoms with Crippen LogP contribution in [0.5, 0.6) is 11.5 Å². The number of amides is 2. The maximum Gasteiger partial charge on any atom is 0.227 e. The van der Waals surface area contributed by atoms with E-state index in [4.69, 9.17) is 21.1 Å². The Labute approximate surface area is 167 Å². The fourth-order valence-electron chi connectivity index (χ4n) is 3.11. The lowest BCUT2D eigenvalue weighted by Gasteiger charge is -2.17. The molecule has 2 aromatic carbocycles. The van der Waals surface area contributed by atoms with E-state index in [2.05, 4.69) is 5.32 Å². The molecule has 0 radical (unpaired) electrons. The molecule has 1 unspecified atom stereocenters. The predicted octanol–water partition coefficient (Wildman–Crippen LogP) is 3.17. The molecule has 0 aliphatic carbocycles. The van der Waals surface area contributed by atoms with Crippen molar-refractivity contribution < 1.29 is 23.5 Å². The number of benzene rings is 2. The molecule has 2 aromatic rings. The number of methoxy groups -OCH3 is 2. The summed E-state index contributed by atoms with van der Waals surface area (Å²) in [5.41, 5.74) is 1.27. The Morgan fingerprint density at radius 1 is 1.25 bits per heavy atom. The topological polar surface area (TPSA) is 67.9 Å². The van der Waals surface area contributed by atoms with Crippen LogP contribution in [0.1, 0.15) is 12.0 Å². The van der Waals surface area contributed by atoms with Gasteiger partial charge in [-0.15, -0.1) is 0 Å². The molecule has 1 heterocycles. The number of carbonyl (C=O) groups is 2. The molecule has 148 valence electrons. The van der Waals surface area contributed by atoms with E-state index in [1.54, 1.807) is 26.4 Å². The quantitative estimate of drug-likeness (QED) is 0.800. The van der Waals surface area contributed by atoms with Gasteiger partial charge in [-0.25, -0.2) is 4.39 Å². The summed E-state index contributed by atoms with van der Waals surface area (Å²) in [4.78, 5) is 26.3. The van der Waals surface area contributed by atoms with Gasteiger partial charge in [-0.2, -0.15) is 0 Å². The summed E-state index contributed by atoms with van der Waals surface area (Å²) in [5, 5.41) is 2.78. The fraction of sp³-hybridized carbons (Fsp3) is 0.300. The highest BCUT2D eigenvalue weighted by Crippen LogP contribution is 2.29. The van der Waals surface area contributed by atoms with Crippen LogP contribution in [-0.2, 0) is 16.1 Å². The van der Waals surface area contributed by atoms with E-state index in [0.29, 0.717) is 17.2 Å². The normalized spacial score (nSPS) is 16.2. The van der Waals surface area contributed by atoms with Gasteiger partial charge >= 0.3 is 0 Å². The van der Waals surface area contributed by atoms with E-state index in [-0.39, 0.29) is 36.3 Å². The van der Waals surface area contributed by atoms with E-state index in [1.807, 2.05) is 6.07 Å². The van der Waals surface area contributed by atoms with Crippen molar-refractivity contribution in [3.63, 3.8) is 0 Å². The van der Waals surface area contributed by atoms with Crippen LogP contribution >= 0.6 is 11.6 Å². The smallest absolute Gasteiger partial charge is 0.227 e. The molecule has 3 rings (SSSR count). The number of hydrogen-bond donors (Lipinski definition) is 1. The monoisotopic (exact) mass is 406 g/mol. The van der Waals surface area contributed by atoms with Crippen LogP contribution < -0.4 is 19.7 Å². The van der Waals surface area contributed by atoms with Gasteiger partial charge in [0, 0.05) is 36.8 Å². The summed E-state index contributed by atoms with van der Waals surface area (Å²) in [6.07, 6.45) is 0.0839. The van der Waals surface area contributed by atoms with Crippen LogP contribution in [0.4, 0.5) is 10.1 Å². The third-order valence-corrected chi connectivity index (χ3v) is 4.95. The number of hydrogen-bond acceptors (Lipinski definition) is 4. The third-order valence-electron chi connectivity index (χ3n) is 4.66. The average Bonchev–Trinajstić information content (AvgIpc) is 3.09. The third kappa shape index (κ3) is 4.20. The summed E-state index contributed by atoms with van der Waals surface area (Å²) in [6.45, 7) is 0.478. The van der Waals surface area contributed by atoms with E-state index in [1.165, 1.54) is 23.1 Å². The second-order valence-corrected chi connectivity index (χ2v) is 6.81. The van der Waals surface area contributed by atoms with Crippen molar-refractivity contribution in [2.45, 2.75) is 13.0 Å². The summed E-state index contributed by atoms with van der Waals surface area (Å²) in [7, 11) is 3.11. The molecule has 8 heteroatoms. The highest BCUT2D eigenvalue weighted by atomic mass is 35.5. The van der Waals surface area contributed by atoms with Crippen LogP contribution in [0.3, 0.4) is 0 Å². The van der Waals surface area contributed by atoms with E-state index in [0.717, 1.165) is 5.56 Å². The second kappa shape index (κ2) is 8.48. The average molecular weight is 407 g/mol. The number of rotatable bonds is 6. The van der Waals surface area contributed by atoms with Crippen molar-refractivity contribution >= 4 is 29.1 Å². The number of nitrogens with one attached hydrogen (secondary N) is 1. The minimum atomic E-state index is -0.556. The molecule has 2 amide bonds. The number of nitrogens with zero attached hydrogens (tertiary/aromatic N) is 1. The molecule has 0 saturated carbocycles. The van der Waals surface area contributed by atoms with Crippen molar-refractivity contribution in [1.29, 1.82) is 0 Å². The maximum atomic E-state index is 13.3. The summed E-state index contributed by atoms with van der Waals surface area (Å²) in [5.74, 6) is -0.237. The Bertz CT molecular complexity index is 906. The highest BCUT2D eigenvalue weighted by molar-refractivity contribution is 6.31. The minimum Gasteiger partial charge on any atom is -0.497 e. The molecule has 0 bridgehead atoms. The zero-order chi connectivity index (χ0) is 20.3. The van der Waals surface area contributed by atoms with Gasteiger partial charge < -0.3 is 19.7 Å². The zero-order valence-corrected chi connectivity index (χ0v) is 16.3. The highest BCUT2D eigenvalue weighted by Gasteiger charge is 2.35. The van der Waals surface area contributed by atoms with Crippen molar-refractivity contribution in [2.75, 3.05) is 25.7 Å². The minimum absolute atomic E-state index is 0.0650. The van der Waals surface area contributed by atoms with E-state index in [9.17, 15) is 14.0 Å². The van der Waals surface area contributed by atoms with Gasteiger partial charge in [0.15, 0.2) is 0 Å². The van der Waals surface area contributed by atoms with Crippen LogP contribution in [0.15, 0.2) is 36.4 Å². The largest absolute Gasteiger partial charge is 0.497 e. The molecular weight excluding hydrogens is 387 g/mol. The maximum absolute atomic E-state index is 13.3. The Morgan fingerprint density at radius 2 is 2.04 bits per heavy atom. The lowest BCUT2D eigenvalue weighted by Crippen LogP contribution is -2.32. The molecular formula is C20H20ClFN2O4. The fourth-order valence-corrected chi connectivity index (χ4v) is 3.29. The molecule has 0 spiro atoms. The number of ether oxygens (including phenoxy) is 2. The summed E-state index contributed by atoms with van der Waals surface area (Å²) >= 11 is 5.79. The van der Waals surface area contributed by atoms with Crippen molar-refractivity contribution in [3.05, 3.63) is 52.8 Å². The zero-order valence-electron chi connectivity index (χ0n) is 15.5. The first-order chi connectivity index (χ1) is 13.4. The Hall–Kier alpha value is -2.80. The van der Waals surface area contributed by atoms with Gasteiger partial charge in [-0.1, -0.05) is 11.6 Å². The molecule has 6 nitrogen and oxygen atoms in total. The summed E-state index contributed by atoms with van der Waals surface area (Å²) < 4.78 is 23.8. The Balaban J connectivity index is 1.64. The van der Waals surface area contributed by atoms with Crippen molar-refractivity contribution in [3.8, 4) is 11.5 Å². The molecule has 28 heavy (non-hydrogen) atoms. The molecule has 1 saturated heterocycles. The van der Waals surface area contributed by atoms with Crippen LogP contribution in [0.25, 0.3) is 0 Å². The standard InChI is InChI=1S/C20H20ClFN2O4/c1-27-15-5-3-12(18(9-15)28-2)10-23-20(26)13-7-19(25)24(11-13)14-4-6-17(22)16(21)8-14/h3-6,8-9,13H,7,10-11H2,1-2H3,(H,23,26). The summed E-state index contributed by atoms with van der Waals surface area (Å²) in [6, 6.07) is 9.39. The number of anilines is 1. The van der Waals surface area contributed by atoms with Crippen LogP contribution in [0.2, 0.25) is 5.02 Å². The van der Waals surface area contributed by atoms with Crippen molar-refractivity contribution in [1.82, 2.24) is 5.32 Å². The lowest BCUT2D eigenvalue weighted by molar-refractivity contribution is -0.126. The van der Waals surface area contributed by atoms with Gasteiger partial charge in [0.25, 0.3) is 0 Å². The second-order valence-electron chi connectivity index (χ2n) is 6.40. The Morgan fingerprint density at radius 3 is 2.71 bits per heavy atom. The lowest BCUT2D eigenvalue weighted by atomic mass is 10.1. The van der Waals surface area contributed by atoms with E-state index < -0.39 is 11.7 Å². The van der Waals surface area contributed by atoms with Gasteiger partial charge in [-0.3, -0.25) is 9.59 Å². The number of halogens is 2. The van der Waals surface area contributed by atoms with Gasteiger partial charge in [0.1, 0.15) is 17.3 Å². The molecule has 1 atom stereocenters. The molecule has 1 fully saturated rings. The predicted molar refractivity (Wildman–Crippen MR) is 103 cm³/mol. The first-order valence-corrected chi connectivity index (χ1v) is 9.04. The van der Waals surface area contributed by atoms with Crippen molar-refractivity contribution in [2.24, 2.45) is 5.92 Å². The van der Waals surface area contributed by atoms with Gasteiger partial charge in [0.2, 0.25) is 11.8 Å². The van der Waals surface area contributed by atoms with E-state index >= 15 is 0 Å². The van der Waals surface area contributed by atoms with Crippen LogP contribution in [0, 0.1) is 11.7 Å². The molecule has 1 N–H and O–H groups in total. The SMILES string of the molecule is COc1ccc(CNC(=O)C2CC(=O)N(c3ccc(F)c(Cl)c3)C2)c(OC)c1. The van der Waals surface area contributed by atoms with Crippen LogP contribution in [-0.4, -0.2) is 32.6 Å². The first kappa shape index (κ1) is 19.9. The first-order valence-electron chi connectivity index (χ1n) is 8.67. The molecule has 1 aliphatic rings. The van der Waals surface area contributed by atoms with Gasteiger partial charge in [0.05, 0.1) is 25.2 Å². The number of carbonyl (C=O) groups excluding carboxylic acids is 2. The molecule has 0 aromatic heterocycles. The molecule has 1 aliphatic heterocycles.